The summed E-state index contributed by atoms with van der Waals surface area (Å²) in [5, 5.41) is 13.5. The maximum absolute atomic E-state index is 8.62. The molecule has 0 bridgehead atoms. The van der Waals surface area contributed by atoms with E-state index in [1.807, 2.05) is 17.5 Å². The summed E-state index contributed by atoms with van der Waals surface area (Å²) in [6.07, 6.45) is 1.77. The molecule has 1 heterocycles. The van der Waals surface area contributed by atoms with E-state index in [2.05, 4.69) is 26.1 Å². The molecule has 1 aromatic heterocycles. The van der Waals surface area contributed by atoms with Crippen LogP contribution in [0.15, 0.2) is 48.6 Å². The maximum atomic E-state index is 8.62. The Morgan fingerprint density at radius 1 is 1.53 bits per heavy atom. The lowest BCUT2D eigenvalue weighted by molar-refractivity contribution is 0.318. The highest BCUT2D eigenvalue weighted by atomic mass is 79.9. The van der Waals surface area contributed by atoms with Crippen LogP contribution in [0.3, 0.4) is 0 Å². The van der Waals surface area contributed by atoms with Gasteiger partial charge in [0.25, 0.3) is 0 Å². The Morgan fingerprint density at radius 3 is 2.94 bits per heavy atom. The van der Waals surface area contributed by atoms with E-state index in [-0.39, 0.29) is 5.84 Å². The molecule has 0 aliphatic rings. The highest BCUT2D eigenvalue weighted by Crippen LogP contribution is 2.31. The molecule has 0 fully saturated rings. The number of nitrogens with two attached hydrogens (primary N) is 1. The molecule has 2 aromatic rings. The van der Waals surface area contributed by atoms with Crippen molar-refractivity contribution in [3.63, 3.8) is 0 Å². The molecule has 3 N–H and O–H groups in total. The number of aromatic nitrogens is 1. The molecule has 0 aliphatic carbocycles. The molecule has 88 valence electrons. The van der Waals surface area contributed by atoms with E-state index in [0.717, 1.165) is 13.7 Å². The van der Waals surface area contributed by atoms with Gasteiger partial charge in [0.2, 0.25) is 0 Å². The van der Waals surface area contributed by atoms with Crippen molar-refractivity contribution in [2.24, 2.45) is 10.9 Å². The van der Waals surface area contributed by atoms with Gasteiger partial charge in [-0.1, -0.05) is 16.9 Å². The molecule has 2 rings (SSSR count). The number of nitrogens with zero attached hydrogens (tertiary/aromatic N) is 2. The zero-order valence-electron chi connectivity index (χ0n) is 8.50. The fourth-order valence-corrected chi connectivity index (χ4v) is 3.55. The first-order valence-corrected chi connectivity index (χ1v) is 7.04. The van der Waals surface area contributed by atoms with Gasteiger partial charge in [0.1, 0.15) is 0 Å². The van der Waals surface area contributed by atoms with Crippen molar-refractivity contribution in [2.75, 3.05) is 0 Å². The Morgan fingerprint density at radius 2 is 2.35 bits per heavy atom. The number of thiazole rings is 1. The van der Waals surface area contributed by atoms with Crippen molar-refractivity contribution < 1.29 is 5.21 Å². The average Bonchev–Trinajstić information content (AvgIpc) is 2.81. The summed E-state index contributed by atoms with van der Waals surface area (Å²) in [4.78, 5) is 5.24. The van der Waals surface area contributed by atoms with Crippen LogP contribution in [0.4, 0.5) is 0 Å². The predicted molar refractivity (Wildman–Crippen MR) is 72.9 cm³/mol. The van der Waals surface area contributed by atoms with Gasteiger partial charge in [0, 0.05) is 26.5 Å². The smallest absolute Gasteiger partial charge is 0.171 e. The van der Waals surface area contributed by atoms with Crippen LogP contribution in [0, 0.1) is 0 Å². The molecule has 0 amide bonds. The molecule has 0 spiro atoms. The minimum atomic E-state index is 0.0858. The summed E-state index contributed by atoms with van der Waals surface area (Å²) in [6, 6.07) is 5.62. The number of benzene rings is 1. The van der Waals surface area contributed by atoms with Gasteiger partial charge in [-0.15, -0.1) is 11.3 Å². The van der Waals surface area contributed by atoms with Gasteiger partial charge in [0.15, 0.2) is 10.2 Å². The molecule has 1 aromatic carbocycles. The van der Waals surface area contributed by atoms with Crippen LogP contribution in [0.1, 0.15) is 5.56 Å². The lowest BCUT2D eigenvalue weighted by Gasteiger charge is -2.04. The number of hydrogen-bond donors (Lipinski definition) is 2. The summed E-state index contributed by atoms with van der Waals surface area (Å²) in [5.74, 6) is 0.0858. The van der Waals surface area contributed by atoms with Gasteiger partial charge in [-0.2, -0.15) is 0 Å². The van der Waals surface area contributed by atoms with Crippen LogP contribution < -0.4 is 5.73 Å². The SMILES string of the molecule is N/C(=N/O)c1ccc(Sc2nccs2)cc1Br. The van der Waals surface area contributed by atoms with E-state index in [1.165, 1.54) is 0 Å². The van der Waals surface area contributed by atoms with Gasteiger partial charge >= 0.3 is 0 Å². The van der Waals surface area contributed by atoms with Crippen LogP contribution in [-0.4, -0.2) is 16.0 Å². The summed E-state index contributed by atoms with van der Waals surface area (Å²) in [6.45, 7) is 0. The van der Waals surface area contributed by atoms with Gasteiger partial charge in [0.05, 0.1) is 0 Å². The first kappa shape index (κ1) is 12.4. The molecular formula is C10H8BrN3OS2. The lowest BCUT2D eigenvalue weighted by Crippen LogP contribution is -2.13. The van der Waals surface area contributed by atoms with Crippen molar-refractivity contribution in [3.05, 3.63) is 39.8 Å². The van der Waals surface area contributed by atoms with Crippen LogP contribution >= 0.6 is 39.0 Å². The Hall–Kier alpha value is -1.05. The van der Waals surface area contributed by atoms with Crippen molar-refractivity contribution in [1.29, 1.82) is 0 Å². The highest BCUT2D eigenvalue weighted by molar-refractivity contribution is 9.10. The van der Waals surface area contributed by atoms with Crippen molar-refractivity contribution in [2.45, 2.75) is 9.24 Å². The number of amidine groups is 1. The second-order valence-electron chi connectivity index (χ2n) is 3.03. The largest absolute Gasteiger partial charge is 0.409 e. The fraction of sp³-hybridized carbons (Fsp3) is 0. The molecule has 0 saturated heterocycles. The van der Waals surface area contributed by atoms with E-state index >= 15 is 0 Å². The third kappa shape index (κ3) is 2.99. The van der Waals surface area contributed by atoms with Crippen LogP contribution in [-0.2, 0) is 0 Å². The first-order valence-electron chi connectivity index (χ1n) is 4.55. The fourth-order valence-electron chi connectivity index (χ4n) is 1.18. The van der Waals surface area contributed by atoms with Gasteiger partial charge in [-0.3, -0.25) is 0 Å². The number of rotatable bonds is 3. The van der Waals surface area contributed by atoms with E-state index in [0.29, 0.717) is 5.56 Å². The number of halogens is 1. The summed E-state index contributed by atoms with van der Waals surface area (Å²) < 4.78 is 1.77. The predicted octanol–water partition coefficient (Wildman–Crippen LogP) is 3.15. The normalized spacial score (nSPS) is 11.7. The van der Waals surface area contributed by atoms with E-state index < -0.39 is 0 Å². The molecule has 0 unspecified atom stereocenters. The van der Waals surface area contributed by atoms with Crippen molar-refractivity contribution in [3.8, 4) is 0 Å². The zero-order chi connectivity index (χ0) is 12.3. The molecule has 0 aliphatic heterocycles. The molecule has 4 nitrogen and oxygen atoms in total. The number of oxime groups is 1. The lowest BCUT2D eigenvalue weighted by atomic mass is 10.2. The minimum Gasteiger partial charge on any atom is -0.409 e. The summed E-state index contributed by atoms with van der Waals surface area (Å²) in [7, 11) is 0. The summed E-state index contributed by atoms with van der Waals surface area (Å²) in [5.41, 5.74) is 6.20. The monoisotopic (exact) mass is 329 g/mol. The molecule has 7 heteroatoms. The molecular weight excluding hydrogens is 322 g/mol. The molecule has 0 radical (unpaired) electrons. The standard InChI is InChI=1S/C10H8BrN3OS2/c11-8-5-6(17-10-13-3-4-16-10)1-2-7(8)9(12)14-15/h1-5,15H,(H2,12,14). The topological polar surface area (TPSA) is 71.5 Å². The van der Waals surface area contributed by atoms with E-state index in [1.54, 1.807) is 35.4 Å². The van der Waals surface area contributed by atoms with Crippen molar-refractivity contribution >= 4 is 44.9 Å². The zero-order valence-corrected chi connectivity index (χ0v) is 11.7. The quantitative estimate of drug-likeness (QED) is 0.392. The minimum absolute atomic E-state index is 0.0858. The highest BCUT2D eigenvalue weighted by Gasteiger charge is 2.07. The third-order valence-corrected chi connectivity index (χ3v) is 4.47. The first-order chi connectivity index (χ1) is 8.20. The second-order valence-corrected chi connectivity index (χ2v) is 6.10. The van der Waals surface area contributed by atoms with E-state index in [4.69, 9.17) is 10.9 Å². The Labute approximate surface area is 115 Å². The third-order valence-electron chi connectivity index (χ3n) is 1.94. The van der Waals surface area contributed by atoms with Crippen LogP contribution in [0.2, 0.25) is 0 Å². The van der Waals surface area contributed by atoms with Gasteiger partial charge in [-0.05, 0) is 34.1 Å². The van der Waals surface area contributed by atoms with Crippen molar-refractivity contribution in [1.82, 2.24) is 4.98 Å². The molecule has 0 saturated carbocycles. The average molecular weight is 330 g/mol. The number of hydrogen-bond acceptors (Lipinski definition) is 5. The summed E-state index contributed by atoms with van der Waals surface area (Å²) >= 11 is 6.55. The Kier molecular flexibility index (Phi) is 4.03. The Balaban J connectivity index is 2.25. The molecule has 17 heavy (non-hydrogen) atoms. The van der Waals surface area contributed by atoms with Crippen LogP contribution in [0.25, 0.3) is 0 Å². The van der Waals surface area contributed by atoms with E-state index in [9.17, 15) is 0 Å². The van der Waals surface area contributed by atoms with Crippen LogP contribution in [0.5, 0.6) is 0 Å². The Bertz CT molecular complexity index is 542. The molecule has 0 atom stereocenters. The second kappa shape index (κ2) is 5.52. The van der Waals surface area contributed by atoms with Gasteiger partial charge in [-0.25, -0.2) is 4.98 Å². The van der Waals surface area contributed by atoms with Gasteiger partial charge < -0.3 is 10.9 Å². The maximum Gasteiger partial charge on any atom is 0.171 e.